The molecule has 0 aliphatic carbocycles. The first-order valence-electron chi connectivity index (χ1n) is 2.97. The number of benzene rings is 1. The molecule has 0 N–H and O–H groups in total. The van der Waals surface area contributed by atoms with Crippen LogP contribution in [0.3, 0.4) is 0 Å². The van der Waals surface area contributed by atoms with E-state index < -0.39 is 0 Å². The van der Waals surface area contributed by atoms with E-state index in [-0.39, 0.29) is 0 Å². The highest BCUT2D eigenvalue weighted by Gasteiger charge is 1.96. The lowest BCUT2D eigenvalue weighted by molar-refractivity contribution is 1.38. The Balaban J connectivity index is 3.27. The van der Waals surface area contributed by atoms with Crippen molar-refractivity contribution in [3.8, 4) is 0 Å². The molecule has 0 spiro atoms. The van der Waals surface area contributed by atoms with Crippen LogP contribution in [0.15, 0.2) is 27.7 Å². The fourth-order valence-corrected chi connectivity index (χ4v) is 1.12. The van der Waals surface area contributed by atoms with Gasteiger partial charge >= 0.3 is 0 Å². The Labute approximate surface area is 68.9 Å². The molecule has 0 radical (unpaired) electrons. The maximum Gasteiger partial charge on any atom is 0.0662 e. The summed E-state index contributed by atoms with van der Waals surface area (Å²) >= 11 is 3.40. The second-order valence-electron chi connectivity index (χ2n) is 2.04. The van der Waals surface area contributed by atoms with Gasteiger partial charge in [0.05, 0.1) is 5.69 Å². The fraction of sp³-hybridized carbons (Fsp3) is 0.125. The molecule has 0 aliphatic rings. The van der Waals surface area contributed by atoms with E-state index in [0.717, 1.165) is 15.7 Å². The van der Waals surface area contributed by atoms with Gasteiger partial charge in [-0.05, 0) is 31.3 Å². The van der Waals surface area contributed by atoms with Gasteiger partial charge in [0.25, 0.3) is 0 Å². The summed E-state index contributed by atoms with van der Waals surface area (Å²) in [6.45, 7) is 5.47. The molecular weight excluding hydrogens is 190 g/mol. The molecule has 1 aromatic carbocycles. The molecular formula is C8H8BrN. The van der Waals surface area contributed by atoms with Gasteiger partial charge in [-0.2, -0.15) is 0 Å². The van der Waals surface area contributed by atoms with Gasteiger partial charge in [-0.25, -0.2) is 0 Å². The van der Waals surface area contributed by atoms with E-state index >= 15 is 0 Å². The number of aliphatic imine (C=N–C) groups is 1. The van der Waals surface area contributed by atoms with Gasteiger partial charge in [-0.15, -0.1) is 0 Å². The van der Waals surface area contributed by atoms with Gasteiger partial charge < -0.3 is 0 Å². The van der Waals surface area contributed by atoms with Crippen LogP contribution >= 0.6 is 15.9 Å². The third kappa shape index (κ3) is 1.27. The van der Waals surface area contributed by atoms with Crippen molar-refractivity contribution in [1.29, 1.82) is 0 Å². The van der Waals surface area contributed by atoms with E-state index in [4.69, 9.17) is 0 Å². The number of rotatable bonds is 1. The Bertz CT molecular complexity index is 255. The lowest BCUT2D eigenvalue weighted by Crippen LogP contribution is -1.74. The molecule has 0 heterocycles. The maximum atomic E-state index is 3.85. The zero-order chi connectivity index (χ0) is 7.56. The molecule has 0 fully saturated rings. The zero-order valence-electron chi connectivity index (χ0n) is 5.76. The molecule has 0 unspecified atom stereocenters. The zero-order valence-corrected chi connectivity index (χ0v) is 7.35. The molecule has 0 atom stereocenters. The minimum Gasteiger partial charge on any atom is -0.264 e. The normalized spacial score (nSPS) is 9.40. The maximum absolute atomic E-state index is 3.85. The molecule has 0 aromatic heterocycles. The van der Waals surface area contributed by atoms with Gasteiger partial charge in [-0.3, -0.25) is 4.99 Å². The van der Waals surface area contributed by atoms with Gasteiger partial charge in [0.2, 0.25) is 0 Å². The van der Waals surface area contributed by atoms with E-state index in [1.807, 2.05) is 25.1 Å². The van der Waals surface area contributed by atoms with Crippen LogP contribution < -0.4 is 0 Å². The van der Waals surface area contributed by atoms with Crippen molar-refractivity contribution in [2.45, 2.75) is 6.92 Å². The standard InChI is InChI=1S/C8H8BrN/c1-6-7(9)4-3-5-8(6)10-2/h3-5H,2H2,1H3. The van der Waals surface area contributed by atoms with Crippen molar-refractivity contribution in [3.63, 3.8) is 0 Å². The van der Waals surface area contributed by atoms with E-state index in [1.165, 1.54) is 0 Å². The summed E-state index contributed by atoms with van der Waals surface area (Å²) < 4.78 is 1.08. The summed E-state index contributed by atoms with van der Waals surface area (Å²) in [7, 11) is 0. The minimum absolute atomic E-state index is 0.939. The quantitative estimate of drug-likeness (QED) is 0.615. The second kappa shape index (κ2) is 2.97. The number of nitrogens with zero attached hydrogens (tertiary/aromatic N) is 1. The van der Waals surface area contributed by atoms with Gasteiger partial charge in [0.15, 0.2) is 0 Å². The topological polar surface area (TPSA) is 12.4 Å². The lowest BCUT2D eigenvalue weighted by atomic mass is 10.2. The van der Waals surface area contributed by atoms with Crippen LogP contribution in [0.2, 0.25) is 0 Å². The van der Waals surface area contributed by atoms with Crippen LogP contribution in [0.25, 0.3) is 0 Å². The van der Waals surface area contributed by atoms with Gasteiger partial charge in [0.1, 0.15) is 0 Å². The molecule has 0 amide bonds. The SMILES string of the molecule is C=Nc1cccc(Br)c1C. The lowest BCUT2D eigenvalue weighted by Gasteiger charge is -1.99. The highest BCUT2D eigenvalue weighted by Crippen LogP contribution is 2.24. The Hall–Kier alpha value is -0.630. The Morgan fingerprint density at radius 2 is 2.20 bits per heavy atom. The van der Waals surface area contributed by atoms with Crippen molar-refractivity contribution >= 4 is 28.3 Å². The summed E-state index contributed by atoms with van der Waals surface area (Å²) in [4.78, 5) is 3.85. The molecule has 0 saturated carbocycles. The number of hydrogen-bond donors (Lipinski definition) is 0. The van der Waals surface area contributed by atoms with Gasteiger partial charge in [0, 0.05) is 4.47 Å². The highest BCUT2D eigenvalue weighted by atomic mass is 79.9. The predicted octanol–water partition coefficient (Wildman–Crippen LogP) is 3.09. The molecule has 2 heteroatoms. The van der Waals surface area contributed by atoms with Crippen molar-refractivity contribution < 1.29 is 0 Å². The number of hydrogen-bond acceptors (Lipinski definition) is 1. The van der Waals surface area contributed by atoms with Crippen LogP contribution in [-0.2, 0) is 0 Å². The molecule has 1 aromatic rings. The summed E-state index contributed by atoms with van der Waals surface area (Å²) in [5.41, 5.74) is 2.08. The summed E-state index contributed by atoms with van der Waals surface area (Å²) in [5.74, 6) is 0. The first kappa shape index (κ1) is 7.48. The second-order valence-corrected chi connectivity index (χ2v) is 2.90. The van der Waals surface area contributed by atoms with Gasteiger partial charge in [-0.1, -0.05) is 22.0 Å². The predicted molar refractivity (Wildman–Crippen MR) is 48.1 cm³/mol. The molecule has 0 bridgehead atoms. The van der Waals surface area contributed by atoms with Crippen molar-refractivity contribution in [3.05, 3.63) is 28.2 Å². The summed E-state index contributed by atoms with van der Waals surface area (Å²) in [6, 6.07) is 5.87. The van der Waals surface area contributed by atoms with Crippen molar-refractivity contribution in [1.82, 2.24) is 0 Å². The number of halogens is 1. The van der Waals surface area contributed by atoms with Crippen molar-refractivity contribution in [2.24, 2.45) is 4.99 Å². The Morgan fingerprint density at radius 1 is 1.50 bits per heavy atom. The largest absolute Gasteiger partial charge is 0.264 e. The van der Waals surface area contributed by atoms with E-state index in [0.29, 0.717) is 0 Å². The highest BCUT2D eigenvalue weighted by molar-refractivity contribution is 9.10. The Kier molecular flexibility index (Phi) is 2.22. The smallest absolute Gasteiger partial charge is 0.0662 e. The summed E-state index contributed by atoms with van der Waals surface area (Å²) in [5, 5.41) is 0. The third-order valence-corrected chi connectivity index (χ3v) is 2.27. The van der Waals surface area contributed by atoms with E-state index in [1.54, 1.807) is 0 Å². The molecule has 0 aliphatic heterocycles. The average Bonchev–Trinajstić information content (AvgIpc) is 1.95. The average molecular weight is 198 g/mol. The van der Waals surface area contributed by atoms with Crippen LogP contribution in [0.5, 0.6) is 0 Å². The molecule has 1 rings (SSSR count). The molecule has 52 valence electrons. The van der Waals surface area contributed by atoms with E-state index in [9.17, 15) is 0 Å². The van der Waals surface area contributed by atoms with Crippen LogP contribution in [0.4, 0.5) is 5.69 Å². The van der Waals surface area contributed by atoms with Crippen LogP contribution in [0.1, 0.15) is 5.56 Å². The monoisotopic (exact) mass is 197 g/mol. The molecule has 0 saturated heterocycles. The Morgan fingerprint density at radius 3 is 2.70 bits per heavy atom. The molecule has 1 nitrogen and oxygen atoms in total. The van der Waals surface area contributed by atoms with Crippen LogP contribution in [-0.4, -0.2) is 6.72 Å². The first-order valence-corrected chi connectivity index (χ1v) is 3.77. The third-order valence-electron chi connectivity index (χ3n) is 1.41. The van der Waals surface area contributed by atoms with Crippen molar-refractivity contribution in [2.75, 3.05) is 0 Å². The van der Waals surface area contributed by atoms with E-state index in [2.05, 4.69) is 27.6 Å². The summed E-state index contributed by atoms with van der Waals surface area (Å²) in [6.07, 6.45) is 0. The minimum atomic E-state index is 0.939. The fourth-order valence-electron chi connectivity index (χ4n) is 0.767. The first-order chi connectivity index (χ1) is 4.75. The van der Waals surface area contributed by atoms with Crippen LogP contribution in [0, 0.1) is 6.92 Å². The molecule has 10 heavy (non-hydrogen) atoms.